The van der Waals surface area contributed by atoms with Crippen molar-refractivity contribution in [1.82, 2.24) is 15.2 Å². The van der Waals surface area contributed by atoms with E-state index in [0.29, 0.717) is 5.95 Å². The van der Waals surface area contributed by atoms with Crippen LogP contribution in [0.15, 0.2) is 6.20 Å². The average molecular weight is 277 g/mol. The highest BCUT2D eigenvalue weighted by Crippen LogP contribution is 2.21. The first-order valence-electron chi connectivity index (χ1n) is 7.61. The van der Waals surface area contributed by atoms with Crippen molar-refractivity contribution in [3.63, 3.8) is 0 Å². The zero-order valence-corrected chi connectivity index (χ0v) is 12.1. The summed E-state index contributed by atoms with van der Waals surface area (Å²) in [6.45, 7) is 6.07. The number of hydrogen-bond acceptors (Lipinski definition) is 6. The van der Waals surface area contributed by atoms with Crippen LogP contribution in [-0.4, -0.2) is 47.5 Å². The van der Waals surface area contributed by atoms with E-state index < -0.39 is 0 Å². The van der Waals surface area contributed by atoms with Crippen molar-refractivity contribution in [1.29, 1.82) is 0 Å². The lowest BCUT2D eigenvalue weighted by Crippen LogP contribution is -2.33. The first-order chi connectivity index (χ1) is 9.81. The topological polar surface area (TPSA) is 63.2 Å². The molecule has 2 saturated heterocycles. The fraction of sp³-hybridized carbons (Fsp3) is 0.786. The van der Waals surface area contributed by atoms with Crippen molar-refractivity contribution in [2.75, 3.05) is 36.5 Å². The summed E-state index contributed by atoms with van der Waals surface area (Å²) in [7, 11) is 0. The van der Waals surface area contributed by atoms with Crippen LogP contribution >= 0.6 is 0 Å². The molecule has 0 amide bonds. The van der Waals surface area contributed by atoms with Gasteiger partial charge in [-0.15, -0.1) is 5.10 Å². The van der Waals surface area contributed by atoms with Crippen LogP contribution in [0.4, 0.5) is 11.8 Å². The van der Waals surface area contributed by atoms with Crippen LogP contribution in [-0.2, 0) is 4.74 Å². The zero-order chi connectivity index (χ0) is 13.8. The Kier molecular flexibility index (Phi) is 4.30. The Bertz CT molecular complexity index is 427. The van der Waals surface area contributed by atoms with E-state index in [9.17, 15) is 0 Å². The third kappa shape index (κ3) is 3.36. The van der Waals surface area contributed by atoms with E-state index in [-0.39, 0.29) is 6.10 Å². The van der Waals surface area contributed by atoms with Gasteiger partial charge in [0.05, 0.1) is 12.3 Å². The van der Waals surface area contributed by atoms with Crippen molar-refractivity contribution in [2.24, 2.45) is 5.92 Å². The molecule has 3 heterocycles. The quantitative estimate of drug-likeness (QED) is 0.903. The lowest BCUT2D eigenvalue weighted by molar-refractivity contribution is 0.120. The normalized spacial score (nSPS) is 24.1. The molecule has 1 N–H and O–H groups in total. The highest BCUT2D eigenvalue weighted by atomic mass is 16.5. The standard InChI is InChI=1S/C14H23N5O/c1-11-4-6-19(7-5-11)13-10-16-18-14(17-13)15-9-12-3-2-8-20-12/h10-12H,2-9H2,1H3,(H,15,17,18). The van der Waals surface area contributed by atoms with Gasteiger partial charge in [-0.05, 0) is 31.6 Å². The Morgan fingerprint density at radius 1 is 1.35 bits per heavy atom. The molecule has 20 heavy (non-hydrogen) atoms. The molecule has 110 valence electrons. The number of rotatable bonds is 4. The minimum Gasteiger partial charge on any atom is -0.376 e. The summed E-state index contributed by atoms with van der Waals surface area (Å²) in [5, 5.41) is 11.4. The van der Waals surface area contributed by atoms with Gasteiger partial charge in [0.15, 0.2) is 5.82 Å². The molecule has 6 nitrogen and oxygen atoms in total. The molecule has 6 heteroatoms. The second-order valence-corrected chi connectivity index (χ2v) is 5.82. The SMILES string of the molecule is CC1CCN(c2cnnc(NCC3CCCO3)n2)CC1. The van der Waals surface area contributed by atoms with Gasteiger partial charge in [-0.25, -0.2) is 0 Å². The fourth-order valence-electron chi connectivity index (χ4n) is 2.77. The van der Waals surface area contributed by atoms with Gasteiger partial charge in [-0.1, -0.05) is 6.92 Å². The van der Waals surface area contributed by atoms with E-state index in [0.717, 1.165) is 50.8 Å². The van der Waals surface area contributed by atoms with Crippen LogP contribution in [0, 0.1) is 5.92 Å². The van der Waals surface area contributed by atoms with Crippen LogP contribution in [0.1, 0.15) is 32.6 Å². The highest BCUT2D eigenvalue weighted by molar-refractivity contribution is 5.40. The second kappa shape index (κ2) is 6.35. The smallest absolute Gasteiger partial charge is 0.244 e. The minimum absolute atomic E-state index is 0.290. The van der Waals surface area contributed by atoms with E-state index in [4.69, 9.17) is 4.74 Å². The third-order valence-corrected chi connectivity index (χ3v) is 4.17. The summed E-state index contributed by atoms with van der Waals surface area (Å²) in [6.07, 6.45) is 6.76. The lowest BCUT2D eigenvalue weighted by atomic mass is 9.99. The second-order valence-electron chi connectivity index (χ2n) is 5.82. The van der Waals surface area contributed by atoms with Gasteiger partial charge >= 0.3 is 0 Å². The molecule has 0 radical (unpaired) electrons. The maximum atomic E-state index is 5.58. The Balaban J connectivity index is 1.57. The monoisotopic (exact) mass is 277 g/mol. The largest absolute Gasteiger partial charge is 0.376 e. The first-order valence-corrected chi connectivity index (χ1v) is 7.61. The molecular formula is C14H23N5O. The number of hydrogen-bond donors (Lipinski definition) is 1. The molecule has 2 aliphatic rings. The maximum Gasteiger partial charge on any atom is 0.244 e. The summed E-state index contributed by atoms with van der Waals surface area (Å²) < 4.78 is 5.58. The molecule has 1 aromatic heterocycles. The van der Waals surface area contributed by atoms with Gasteiger partial charge < -0.3 is 15.0 Å². The summed E-state index contributed by atoms with van der Waals surface area (Å²) >= 11 is 0. The van der Waals surface area contributed by atoms with Gasteiger partial charge in [0.25, 0.3) is 0 Å². The molecule has 0 spiro atoms. The molecule has 3 rings (SSSR count). The predicted octanol–water partition coefficient (Wildman–Crippen LogP) is 1.70. The Labute approximate surface area is 119 Å². The van der Waals surface area contributed by atoms with E-state index in [1.54, 1.807) is 6.20 Å². The molecule has 2 fully saturated rings. The highest BCUT2D eigenvalue weighted by Gasteiger charge is 2.19. The van der Waals surface area contributed by atoms with E-state index in [1.807, 2.05) is 0 Å². The van der Waals surface area contributed by atoms with Gasteiger partial charge in [0, 0.05) is 26.2 Å². The van der Waals surface area contributed by atoms with Crippen LogP contribution in [0.2, 0.25) is 0 Å². The molecule has 0 saturated carbocycles. The van der Waals surface area contributed by atoms with E-state index >= 15 is 0 Å². The molecule has 0 aromatic carbocycles. The van der Waals surface area contributed by atoms with Crippen LogP contribution in [0.25, 0.3) is 0 Å². The molecule has 1 atom stereocenters. The maximum absolute atomic E-state index is 5.58. The van der Waals surface area contributed by atoms with Crippen LogP contribution in [0.3, 0.4) is 0 Å². The molecule has 2 aliphatic heterocycles. The number of anilines is 2. The van der Waals surface area contributed by atoms with Crippen molar-refractivity contribution in [2.45, 2.75) is 38.7 Å². The summed E-state index contributed by atoms with van der Waals surface area (Å²) in [5.74, 6) is 2.36. The number of nitrogens with one attached hydrogen (secondary N) is 1. The minimum atomic E-state index is 0.290. The number of aromatic nitrogens is 3. The summed E-state index contributed by atoms with van der Waals surface area (Å²) in [6, 6.07) is 0. The number of piperidine rings is 1. The third-order valence-electron chi connectivity index (χ3n) is 4.17. The Morgan fingerprint density at radius 2 is 2.20 bits per heavy atom. The van der Waals surface area contributed by atoms with Gasteiger partial charge in [-0.3, -0.25) is 0 Å². The number of ether oxygens (including phenoxy) is 1. The zero-order valence-electron chi connectivity index (χ0n) is 12.1. The molecule has 0 bridgehead atoms. The molecule has 1 aromatic rings. The van der Waals surface area contributed by atoms with Gasteiger partial charge in [0.2, 0.25) is 5.95 Å². The van der Waals surface area contributed by atoms with Crippen LogP contribution < -0.4 is 10.2 Å². The van der Waals surface area contributed by atoms with Crippen molar-refractivity contribution in [3.8, 4) is 0 Å². The average Bonchev–Trinajstić information content (AvgIpc) is 3.00. The lowest BCUT2D eigenvalue weighted by Gasteiger charge is -2.30. The first kappa shape index (κ1) is 13.5. The number of nitrogens with zero attached hydrogens (tertiary/aromatic N) is 4. The molecular weight excluding hydrogens is 254 g/mol. The fourth-order valence-corrected chi connectivity index (χ4v) is 2.77. The summed E-state index contributed by atoms with van der Waals surface area (Å²) in [5.41, 5.74) is 0. The van der Waals surface area contributed by atoms with E-state index in [1.165, 1.54) is 12.8 Å². The van der Waals surface area contributed by atoms with Crippen molar-refractivity contribution in [3.05, 3.63) is 6.20 Å². The summed E-state index contributed by atoms with van der Waals surface area (Å²) in [4.78, 5) is 6.87. The van der Waals surface area contributed by atoms with Crippen molar-refractivity contribution < 1.29 is 4.74 Å². The predicted molar refractivity (Wildman–Crippen MR) is 77.9 cm³/mol. The van der Waals surface area contributed by atoms with Gasteiger partial charge in [0.1, 0.15) is 0 Å². The Hall–Kier alpha value is -1.43. The molecule has 0 aliphatic carbocycles. The van der Waals surface area contributed by atoms with Gasteiger partial charge in [-0.2, -0.15) is 10.1 Å². The Morgan fingerprint density at radius 3 is 2.95 bits per heavy atom. The van der Waals surface area contributed by atoms with Crippen LogP contribution in [0.5, 0.6) is 0 Å². The molecule has 1 unspecified atom stereocenters. The van der Waals surface area contributed by atoms with E-state index in [2.05, 4.69) is 32.3 Å². The van der Waals surface area contributed by atoms with Crippen molar-refractivity contribution >= 4 is 11.8 Å².